The van der Waals surface area contributed by atoms with Crippen molar-refractivity contribution >= 4 is 7.69 Å². The van der Waals surface area contributed by atoms with Gasteiger partial charge in [-0.1, -0.05) is 0 Å². The summed E-state index contributed by atoms with van der Waals surface area (Å²) in [5.41, 5.74) is -0.199. The summed E-state index contributed by atoms with van der Waals surface area (Å²) in [5, 5.41) is 17.2. The van der Waals surface area contributed by atoms with Crippen molar-refractivity contribution in [3.63, 3.8) is 0 Å². The van der Waals surface area contributed by atoms with E-state index in [-0.39, 0.29) is 22.6 Å². The van der Waals surface area contributed by atoms with Crippen LogP contribution in [-0.2, 0) is 0 Å². The zero-order valence-corrected chi connectivity index (χ0v) is 10.5. The summed E-state index contributed by atoms with van der Waals surface area (Å²) in [7, 11) is 0.891. The van der Waals surface area contributed by atoms with Gasteiger partial charge in [-0.25, -0.2) is 8.78 Å². The van der Waals surface area contributed by atoms with Crippen LogP contribution >= 0.6 is 0 Å². The van der Waals surface area contributed by atoms with E-state index in [9.17, 15) is 8.78 Å². The average Bonchev–Trinajstić information content (AvgIpc) is 2.48. The standard InChI is InChI=1S/C14H6BF2N2O2/c16-13-5-11(3-1-9(13)7-18)20-15-21-12-4-2-10(8-19)14(17)6-12/h1-6H. The fourth-order valence-corrected chi connectivity index (χ4v) is 1.45. The zero-order valence-electron chi connectivity index (χ0n) is 10.5. The molecule has 7 heteroatoms. The fourth-order valence-electron chi connectivity index (χ4n) is 1.45. The second kappa shape index (κ2) is 6.40. The topological polar surface area (TPSA) is 66.0 Å². The van der Waals surface area contributed by atoms with E-state index in [0.717, 1.165) is 19.8 Å². The molecule has 0 N–H and O–H groups in total. The molecule has 2 aromatic rings. The summed E-state index contributed by atoms with van der Waals surface area (Å²) < 4.78 is 36.6. The number of benzene rings is 2. The Bertz CT molecular complexity index is 690. The van der Waals surface area contributed by atoms with Crippen LogP contribution in [0.25, 0.3) is 0 Å². The Kier molecular flexibility index (Phi) is 4.38. The van der Waals surface area contributed by atoms with Crippen LogP contribution in [0.15, 0.2) is 36.4 Å². The van der Waals surface area contributed by atoms with E-state index in [0.29, 0.717) is 0 Å². The third kappa shape index (κ3) is 3.49. The van der Waals surface area contributed by atoms with Crippen LogP contribution in [-0.4, -0.2) is 7.69 Å². The molecule has 0 aliphatic carbocycles. The second-order valence-corrected chi connectivity index (χ2v) is 3.84. The maximum Gasteiger partial charge on any atom is 0.658 e. The lowest BCUT2D eigenvalue weighted by atomic mass is 10.2. The summed E-state index contributed by atoms with van der Waals surface area (Å²) in [6.07, 6.45) is 0. The van der Waals surface area contributed by atoms with E-state index < -0.39 is 11.6 Å². The molecule has 1 radical (unpaired) electrons. The van der Waals surface area contributed by atoms with Crippen molar-refractivity contribution in [1.29, 1.82) is 10.5 Å². The van der Waals surface area contributed by atoms with Crippen molar-refractivity contribution in [1.82, 2.24) is 0 Å². The van der Waals surface area contributed by atoms with Gasteiger partial charge in [0.2, 0.25) is 0 Å². The molecule has 0 aliphatic heterocycles. The monoisotopic (exact) mass is 283 g/mol. The quantitative estimate of drug-likeness (QED) is 0.809. The van der Waals surface area contributed by atoms with Gasteiger partial charge in [0.05, 0.1) is 11.1 Å². The van der Waals surface area contributed by atoms with Gasteiger partial charge in [-0.2, -0.15) is 10.5 Å². The van der Waals surface area contributed by atoms with Gasteiger partial charge in [0, 0.05) is 12.1 Å². The maximum atomic E-state index is 13.3. The molecule has 0 amide bonds. The molecule has 21 heavy (non-hydrogen) atoms. The van der Waals surface area contributed by atoms with Gasteiger partial charge >= 0.3 is 7.69 Å². The predicted octanol–water partition coefficient (Wildman–Crippen LogP) is 2.70. The highest BCUT2D eigenvalue weighted by atomic mass is 19.1. The van der Waals surface area contributed by atoms with E-state index in [2.05, 4.69) is 0 Å². The number of nitrogens with zero attached hydrogens (tertiary/aromatic N) is 2. The molecule has 0 saturated carbocycles. The number of nitriles is 2. The fraction of sp³-hybridized carbons (Fsp3) is 0. The van der Waals surface area contributed by atoms with Crippen LogP contribution in [0.2, 0.25) is 0 Å². The Labute approximate surface area is 120 Å². The number of halogens is 2. The highest BCUT2D eigenvalue weighted by Gasteiger charge is 2.08. The van der Waals surface area contributed by atoms with Crippen molar-refractivity contribution in [2.75, 3.05) is 0 Å². The molecule has 0 atom stereocenters. The van der Waals surface area contributed by atoms with E-state index in [1.165, 1.54) is 24.3 Å². The largest absolute Gasteiger partial charge is 0.658 e. The first kappa shape index (κ1) is 14.4. The Morgan fingerprint density at radius 3 is 1.57 bits per heavy atom. The van der Waals surface area contributed by atoms with Gasteiger partial charge < -0.3 is 9.31 Å². The first-order valence-electron chi connectivity index (χ1n) is 5.68. The first-order chi connectivity index (χ1) is 10.1. The number of rotatable bonds is 4. The van der Waals surface area contributed by atoms with Gasteiger partial charge in [0.15, 0.2) is 0 Å². The lowest BCUT2D eigenvalue weighted by Gasteiger charge is -2.07. The van der Waals surface area contributed by atoms with Gasteiger partial charge in [-0.05, 0) is 24.3 Å². The molecule has 0 fully saturated rings. The summed E-state index contributed by atoms with van der Waals surface area (Å²) >= 11 is 0. The molecule has 2 aromatic carbocycles. The normalized spacial score (nSPS) is 9.33. The number of hydrogen-bond donors (Lipinski definition) is 0. The average molecular weight is 283 g/mol. The molecule has 0 heterocycles. The van der Waals surface area contributed by atoms with Crippen molar-refractivity contribution in [3.8, 4) is 23.6 Å². The van der Waals surface area contributed by atoms with Crippen LogP contribution in [0.1, 0.15) is 11.1 Å². The SMILES string of the molecule is N#Cc1ccc(O[B]Oc2ccc(C#N)c(F)c2)cc1F. The minimum atomic E-state index is -0.715. The highest BCUT2D eigenvalue weighted by molar-refractivity contribution is 6.20. The third-order valence-electron chi connectivity index (χ3n) is 2.49. The van der Waals surface area contributed by atoms with Gasteiger partial charge in [0.25, 0.3) is 0 Å². The minimum Gasteiger partial charge on any atom is -0.526 e. The van der Waals surface area contributed by atoms with Crippen molar-refractivity contribution in [2.45, 2.75) is 0 Å². The molecule has 0 aliphatic rings. The van der Waals surface area contributed by atoms with Crippen LogP contribution in [0.4, 0.5) is 8.78 Å². The molecular formula is C14H6BF2N2O2. The summed E-state index contributed by atoms with van der Waals surface area (Å²) in [5.74, 6) is -1.18. The summed E-state index contributed by atoms with van der Waals surface area (Å²) in [6.45, 7) is 0. The molecular weight excluding hydrogens is 277 g/mol. The highest BCUT2D eigenvalue weighted by Crippen LogP contribution is 2.18. The van der Waals surface area contributed by atoms with E-state index in [1.54, 1.807) is 12.1 Å². The zero-order chi connectivity index (χ0) is 15.2. The second-order valence-electron chi connectivity index (χ2n) is 3.84. The summed E-state index contributed by atoms with van der Waals surface area (Å²) in [6, 6.07) is 10.7. The molecule has 0 spiro atoms. The number of hydrogen-bond acceptors (Lipinski definition) is 4. The Morgan fingerprint density at radius 1 is 0.810 bits per heavy atom. The molecule has 0 bridgehead atoms. The Morgan fingerprint density at radius 2 is 1.24 bits per heavy atom. The van der Waals surface area contributed by atoms with Crippen LogP contribution in [0, 0.1) is 34.3 Å². The van der Waals surface area contributed by atoms with Gasteiger partial charge in [-0.15, -0.1) is 0 Å². The predicted molar refractivity (Wildman–Crippen MR) is 69.2 cm³/mol. The minimum absolute atomic E-state index is 0.0996. The summed E-state index contributed by atoms with van der Waals surface area (Å²) in [4.78, 5) is 0. The van der Waals surface area contributed by atoms with Crippen LogP contribution in [0.5, 0.6) is 11.5 Å². The Balaban J connectivity index is 1.96. The molecule has 4 nitrogen and oxygen atoms in total. The maximum absolute atomic E-state index is 13.3. The lowest BCUT2D eigenvalue weighted by molar-refractivity contribution is 0.454. The lowest BCUT2D eigenvalue weighted by Crippen LogP contribution is -2.11. The molecule has 0 aromatic heterocycles. The van der Waals surface area contributed by atoms with E-state index in [4.69, 9.17) is 19.8 Å². The van der Waals surface area contributed by atoms with E-state index in [1.807, 2.05) is 0 Å². The molecule has 0 saturated heterocycles. The first-order valence-corrected chi connectivity index (χ1v) is 5.68. The van der Waals surface area contributed by atoms with Crippen molar-refractivity contribution in [3.05, 3.63) is 59.2 Å². The molecule has 2 rings (SSSR count). The van der Waals surface area contributed by atoms with Crippen LogP contribution in [0.3, 0.4) is 0 Å². The van der Waals surface area contributed by atoms with Crippen molar-refractivity contribution in [2.24, 2.45) is 0 Å². The molecule has 101 valence electrons. The molecule has 0 unspecified atom stereocenters. The smallest absolute Gasteiger partial charge is 0.526 e. The van der Waals surface area contributed by atoms with Crippen LogP contribution < -0.4 is 9.31 Å². The van der Waals surface area contributed by atoms with E-state index >= 15 is 0 Å². The van der Waals surface area contributed by atoms with Gasteiger partial charge in [0.1, 0.15) is 35.3 Å². The third-order valence-corrected chi connectivity index (χ3v) is 2.49. The Hall–Kier alpha value is -3.06. The van der Waals surface area contributed by atoms with Gasteiger partial charge in [-0.3, -0.25) is 0 Å². The van der Waals surface area contributed by atoms with Crippen molar-refractivity contribution < 1.29 is 18.1 Å².